The highest BCUT2D eigenvalue weighted by molar-refractivity contribution is 5.87. The molecule has 1 aromatic heterocycles. The van der Waals surface area contributed by atoms with Crippen molar-refractivity contribution in [3.63, 3.8) is 0 Å². The quantitative estimate of drug-likeness (QED) is 0.900. The van der Waals surface area contributed by atoms with Gasteiger partial charge in [-0.15, -0.1) is 5.10 Å². The molecule has 0 spiro atoms. The predicted molar refractivity (Wildman–Crippen MR) is 65.0 cm³/mol. The second-order valence-electron chi connectivity index (χ2n) is 4.47. The zero-order chi connectivity index (χ0) is 13.4. The van der Waals surface area contributed by atoms with Crippen molar-refractivity contribution >= 4 is 5.97 Å². The molecule has 6 heteroatoms. The predicted octanol–water partition coefficient (Wildman–Crippen LogP) is 1.71. The maximum atomic E-state index is 10.8. The number of hydrogen-bond donors (Lipinski definition) is 1. The highest BCUT2D eigenvalue weighted by atomic mass is 16.4. The van der Waals surface area contributed by atoms with Crippen LogP contribution in [0.4, 0.5) is 0 Å². The smallest absolute Gasteiger partial charge is 0.335 e. The van der Waals surface area contributed by atoms with Gasteiger partial charge in [-0.1, -0.05) is 5.21 Å². The highest BCUT2D eigenvalue weighted by Crippen LogP contribution is 2.41. The third kappa shape index (κ3) is 1.95. The van der Waals surface area contributed by atoms with E-state index in [-0.39, 0.29) is 5.56 Å². The second-order valence-corrected chi connectivity index (χ2v) is 4.47. The van der Waals surface area contributed by atoms with Gasteiger partial charge < -0.3 is 5.11 Å². The molecule has 1 aromatic carbocycles. The van der Waals surface area contributed by atoms with Gasteiger partial charge in [0.15, 0.2) is 5.69 Å². The van der Waals surface area contributed by atoms with E-state index in [4.69, 9.17) is 10.4 Å². The molecule has 0 radical (unpaired) electrons. The molecule has 1 saturated carbocycles. The summed E-state index contributed by atoms with van der Waals surface area (Å²) in [5, 5.41) is 25.7. The minimum Gasteiger partial charge on any atom is -0.478 e. The molecule has 6 nitrogen and oxygen atoms in total. The number of aromatic carboxylic acids is 1. The molecule has 2 aromatic rings. The van der Waals surface area contributed by atoms with Crippen LogP contribution in [0.1, 0.15) is 40.5 Å². The standard InChI is InChI=1S/C13H10N4O2/c14-7-11-12(8-1-2-8)17(16-15-11)10-5-3-9(4-6-10)13(18)19/h3-6,8H,1-2H2,(H,18,19). The largest absolute Gasteiger partial charge is 0.478 e. The molecule has 94 valence electrons. The third-order valence-corrected chi connectivity index (χ3v) is 3.13. The molecular weight excluding hydrogens is 244 g/mol. The Morgan fingerprint density at radius 1 is 1.37 bits per heavy atom. The number of carboxylic acid groups (broad SMARTS) is 1. The summed E-state index contributed by atoms with van der Waals surface area (Å²) in [6.07, 6.45) is 2.07. The normalized spacial score (nSPS) is 14.1. The number of carboxylic acids is 1. The van der Waals surface area contributed by atoms with E-state index in [9.17, 15) is 4.79 Å². The molecule has 1 N–H and O–H groups in total. The van der Waals surface area contributed by atoms with Crippen molar-refractivity contribution in [3.8, 4) is 11.8 Å². The fourth-order valence-corrected chi connectivity index (χ4v) is 2.03. The molecule has 0 atom stereocenters. The Kier molecular flexibility index (Phi) is 2.53. The molecule has 1 fully saturated rings. The Morgan fingerprint density at radius 3 is 2.58 bits per heavy atom. The van der Waals surface area contributed by atoms with Crippen LogP contribution in [0.15, 0.2) is 24.3 Å². The van der Waals surface area contributed by atoms with Crippen LogP contribution < -0.4 is 0 Å². The highest BCUT2D eigenvalue weighted by Gasteiger charge is 2.31. The van der Waals surface area contributed by atoms with E-state index >= 15 is 0 Å². The Balaban J connectivity index is 2.05. The van der Waals surface area contributed by atoms with Crippen LogP contribution in [0.5, 0.6) is 0 Å². The van der Waals surface area contributed by atoms with Gasteiger partial charge in [-0.2, -0.15) is 5.26 Å². The molecule has 0 aliphatic heterocycles. The van der Waals surface area contributed by atoms with Crippen molar-refractivity contribution < 1.29 is 9.90 Å². The van der Waals surface area contributed by atoms with Crippen LogP contribution in [-0.4, -0.2) is 26.1 Å². The Morgan fingerprint density at radius 2 is 2.05 bits per heavy atom. The van der Waals surface area contributed by atoms with Gasteiger partial charge in [0.1, 0.15) is 6.07 Å². The number of nitrogens with zero attached hydrogens (tertiary/aromatic N) is 4. The van der Waals surface area contributed by atoms with Gasteiger partial charge in [0.25, 0.3) is 0 Å². The fourth-order valence-electron chi connectivity index (χ4n) is 2.03. The zero-order valence-corrected chi connectivity index (χ0v) is 9.95. The van der Waals surface area contributed by atoms with E-state index in [1.165, 1.54) is 12.1 Å². The van der Waals surface area contributed by atoms with Crippen LogP contribution in [-0.2, 0) is 0 Å². The average molecular weight is 254 g/mol. The Bertz CT molecular complexity index is 678. The maximum Gasteiger partial charge on any atom is 0.335 e. The van der Waals surface area contributed by atoms with E-state index in [0.29, 0.717) is 11.6 Å². The molecule has 0 amide bonds. The molecular formula is C13H10N4O2. The second kappa shape index (κ2) is 4.21. The first kappa shape index (κ1) is 11.4. The summed E-state index contributed by atoms with van der Waals surface area (Å²) in [5.41, 5.74) is 2.12. The minimum absolute atomic E-state index is 0.220. The van der Waals surface area contributed by atoms with Crippen LogP contribution in [0, 0.1) is 11.3 Å². The van der Waals surface area contributed by atoms with E-state index in [1.54, 1.807) is 16.8 Å². The lowest BCUT2D eigenvalue weighted by Gasteiger charge is -2.05. The van der Waals surface area contributed by atoms with Gasteiger partial charge >= 0.3 is 5.97 Å². The first-order chi connectivity index (χ1) is 9.20. The van der Waals surface area contributed by atoms with E-state index in [0.717, 1.165) is 24.2 Å². The molecule has 1 aliphatic carbocycles. The van der Waals surface area contributed by atoms with Crippen molar-refractivity contribution in [2.24, 2.45) is 0 Å². The number of carbonyl (C=O) groups is 1. The monoisotopic (exact) mass is 254 g/mol. The van der Waals surface area contributed by atoms with E-state index in [2.05, 4.69) is 10.3 Å². The van der Waals surface area contributed by atoms with Crippen molar-refractivity contribution in [2.45, 2.75) is 18.8 Å². The first-order valence-electron chi connectivity index (χ1n) is 5.90. The zero-order valence-electron chi connectivity index (χ0n) is 9.95. The lowest BCUT2D eigenvalue weighted by atomic mass is 10.2. The fraction of sp³-hybridized carbons (Fsp3) is 0.231. The summed E-state index contributed by atoms with van der Waals surface area (Å²) in [4.78, 5) is 10.8. The average Bonchev–Trinajstić information content (AvgIpc) is 3.17. The van der Waals surface area contributed by atoms with E-state index < -0.39 is 5.97 Å². The summed E-state index contributed by atoms with van der Waals surface area (Å²) >= 11 is 0. The molecule has 3 rings (SSSR count). The number of nitriles is 1. The molecule has 0 bridgehead atoms. The summed E-state index contributed by atoms with van der Waals surface area (Å²) in [5.74, 6) is -0.630. The Hall–Kier alpha value is -2.68. The lowest BCUT2D eigenvalue weighted by molar-refractivity contribution is 0.0697. The van der Waals surface area contributed by atoms with Crippen LogP contribution >= 0.6 is 0 Å². The van der Waals surface area contributed by atoms with E-state index in [1.807, 2.05) is 6.07 Å². The summed E-state index contributed by atoms with van der Waals surface area (Å²) in [6.45, 7) is 0. The van der Waals surface area contributed by atoms with Crippen molar-refractivity contribution in [1.82, 2.24) is 15.0 Å². The maximum absolute atomic E-state index is 10.8. The molecule has 0 unspecified atom stereocenters. The van der Waals surface area contributed by atoms with Gasteiger partial charge in [0.2, 0.25) is 0 Å². The summed E-state index contributed by atoms with van der Waals surface area (Å²) < 4.78 is 1.63. The van der Waals surface area contributed by atoms with Crippen LogP contribution in [0.25, 0.3) is 5.69 Å². The number of hydrogen-bond acceptors (Lipinski definition) is 4. The lowest BCUT2D eigenvalue weighted by Crippen LogP contribution is -2.03. The molecule has 0 saturated heterocycles. The summed E-state index contributed by atoms with van der Waals surface area (Å²) in [7, 11) is 0. The SMILES string of the molecule is N#Cc1nnn(-c2ccc(C(=O)O)cc2)c1C1CC1. The van der Waals surface area contributed by atoms with Crippen molar-refractivity contribution in [3.05, 3.63) is 41.2 Å². The van der Waals surface area contributed by atoms with Gasteiger partial charge in [-0.25, -0.2) is 9.48 Å². The number of benzene rings is 1. The Labute approximate surface area is 108 Å². The van der Waals surface area contributed by atoms with Gasteiger partial charge in [-0.05, 0) is 37.1 Å². The summed E-state index contributed by atoms with van der Waals surface area (Å²) in [6, 6.07) is 8.42. The van der Waals surface area contributed by atoms with Crippen molar-refractivity contribution in [1.29, 1.82) is 5.26 Å². The topological polar surface area (TPSA) is 91.8 Å². The molecule has 1 heterocycles. The van der Waals surface area contributed by atoms with Crippen molar-refractivity contribution in [2.75, 3.05) is 0 Å². The van der Waals surface area contributed by atoms with Gasteiger partial charge in [0, 0.05) is 5.92 Å². The van der Waals surface area contributed by atoms with Gasteiger partial charge in [0.05, 0.1) is 16.9 Å². The van der Waals surface area contributed by atoms with Crippen LogP contribution in [0.2, 0.25) is 0 Å². The third-order valence-electron chi connectivity index (χ3n) is 3.13. The van der Waals surface area contributed by atoms with Crippen LogP contribution in [0.3, 0.4) is 0 Å². The minimum atomic E-state index is -0.967. The molecule has 19 heavy (non-hydrogen) atoms. The molecule has 1 aliphatic rings. The number of rotatable bonds is 3. The first-order valence-corrected chi connectivity index (χ1v) is 5.90. The number of aromatic nitrogens is 3. The van der Waals surface area contributed by atoms with Gasteiger partial charge in [-0.3, -0.25) is 0 Å².